The van der Waals surface area contributed by atoms with Gasteiger partial charge in [0.15, 0.2) is 0 Å². The van der Waals surface area contributed by atoms with Crippen molar-refractivity contribution in [1.29, 1.82) is 0 Å². The van der Waals surface area contributed by atoms with E-state index >= 15 is 0 Å². The number of methoxy groups -OCH3 is 1. The molecule has 0 spiro atoms. The molecule has 0 bridgehead atoms. The van der Waals surface area contributed by atoms with Crippen molar-refractivity contribution in [1.82, 2.24) is 5.32 Å². The van der Waals surface area contributed by atoms with E-state index in [0.717, 1.165) is 11.1 Å². The Morgan fingerprint density at radius 3 is 2.57 bits per heavy atom. The normalized spacial score (nSPS) is 17.8. The van der Waals surface area contributed by atoms with Crippen LogP contribution in [0.5, 0.6) is 0 Å². The van der Waals surface area contributed by atoms with Crippen molar-refractivity contribution in [3.8, 4) is 0 Å². The molecule has 1 aliphatic heterocycles. The Labute approximate surface area is 221 Å². The van der Waals surface area contributed by atoms with Crippen molar-refractivity contribution in [2.45, 2.75) is 44.2 Å². The molecule has 1 aliphatic rings. The monoisotopic (exact) mass is 542 g/mol. The highest BCUT2D eigenvalue weighted by molar-refractivity contribution is 7.92. The van der Waals surface area contributed by atoms with Crippen molar-refractivity contribution >= 4 is 45.1 Å². The van der Waals surface area contributed by atoms with Gasteiger partial charge in [0.05, 0.1) is 34.8 Å². The standard InChI is InChI=1S/C28H28ClFN2O4S/c1-17-7-5-8-22(13-17)37(34,35)32-19(3)25(31-28(33)36-4)16-21-12-11-20(15-26(21)32)14-18(2)27-23(29)9-6-10-24(27)30/h5-15,19,25H,16H2,1-4H3,(H,31,33)/b18-14+/t19-,25-/m1/s1. The van der Waals surface area contributed by atoms with E-state index in [2.05, 4.69) is 5.32 Å². The Bertz CT molecular complexity index is 1470. The van der Waals surface area contributed by atoms with Gasteiger partial charge in [-0.15, -0.1) is 0 Å². The number of rotatable bonds is 5. The van der Waals surface area contributed by atoms with Crippen LogP contribution in [0.2, 0.25) is 5.02 Å². The van der Waals surface area contributed by atoms with Gasteiger partial charge in [0.2, 0.25) is 0 Å². The molecule has 0 fully saturated rings. The zero-order valence-electron chi connectivity index (χ0n) is 21.0. The maximum absolute atomic E-state index is 14.5. The second kappa shape index (κ2) is 10.6. The topological polar surface area (TPSA) is 75.7 Å². The second-order valence-electron chi connectivity index (χ2n) is 9.12. The summed E-state index contributed by atoms with van der Waals surface area (Å²) in [5, 5.41) is 3.06. The molecule has 3 aromatic rings. The maximum Gasteiger partial charge on any atom is 0.407 e. The molecule has 6 nitrogen and oxygen atoms in total. The molecule has 4 rings (SSSR count). The van der Waals surface area contributed by atoms with Gasteiger partial charge in [0.25, 0.3) is 10.0 Å². The predicted octanol–water partition coefficient (Wildman–Crippen LogP) is 6.21. The van der Waals surface area contributed by atoms with E-state index in [0.29, 0.717) is 33.8 Å². The molecule has 3 aromatic carbocycles. The summed E-state index contributed by atoms with van der Waals surface area (Å²) in [5.41, 5.74) is 3.63. The lowest BCUT2D eigenvalue weighted by molar-refractivity contribution is 0.164. The van der Waals surface area contributed by atoms with E-state index in [1.807, 2.05) is 25.1 Å². The molecule has 0 unspecified atom stereocenters. The summed E-state index contributed by atoms with van der Waals surface area (Å²) in [7, 11) is -2.73. The van der Waals surface area contributed by atoms with Gasteiger partial charge in [-0.05, 0) is 79.8 Å². The van der Waals surface area contributed by atoms with Crippen LogP contribution in [0.4, 0.5) is 14.9 Å². The zero-order chi connectivity index (χ0) is 26.9. The molecule has 0 aliphatic carbocycles. The number of carbonyl (C=O) groups excluding carboxylic acids is 1. The Morgan fingerprint density at radius 1 is 1.16 bits per heavy atom. The zero-order valence-corrected chi connectivity index (χ0v) is 22.5. The first-order valence-corrected chi connectivity index (χ1v) is 13.6. The molecular weight excluding hydrogens is 515 g/mol. The van der Waals surface area contributed by atoms with Gasteiger partial charge in [-0.3, -0.25) is 4.31 Å². The first-order chi connectivity index (χ1) is 17.5. The largest absolute Gasteiger partial charge is 0.453 e. The van der Waals surface area contributed by atoms with Crippen LogP contribution in [0.1, 0.15) is 36.1 Å². The molecule has 0 aromatic heterocycles. The third-order valence-corrected chi connectivity index (χ3v) is 8.73. The minimum absolute atomic E-state index is 0.152. The SMILES string of the molecule is COC(=O)N[C@@H]1Cc2ccc(/C=C(\C)c3c(F)cccc3Cl)cc2N(S(=O)(=O)c2cccc(C)c2)[C@@H]1C. The molecule has 194 valence electrons. The van der Waals surface area contributed by atoms with Gasteiger partial charge < -0.3 is 10.1 Å². The van der Waals surface area contributed by atoms with Crippen molar-refractivity contribution in [3.05, 3.63) is 93.8 Å². The van der Waals surface area contributed by atoms with Crippen LogP contribution in [-0.4, -0.2) is 33.7 Å². The van der Waals surface area contributed by atoms with E-state index < -0.39 is 34.0 Å². The van der Waals surface area contributed by atoms with E-state index in [1.165, 1.54) is 17.5 Å². The van der Waals surface area contributed by atoms with E-state index in [1.54, 1.807) is 56.3 Å². The van der Waals surface area contributed by atoms with Crippen molar-refractivity contribution < 1.29 is 22.3 Å². The molecule has 0 radical (unpaired) electrons. The summed E-state index contributed by atoms with van der Waals surface area (Å²) in [6.07, 6.45) is 1.55. The number of allylic oxidation sites excluding steroid dienone is 1. The van der Waals surface area contributed by atoms with E-state index in [-0.39, 0.29) is 4.90 Å². The lowest BCUT2D eigenvalue weighted by Gasteiger charge is -2.41. The van der Waals surface area contributed by atoms with E-state index in [4.69, 9.17) is 16.3 Å². The number of halogens is 2. The highest BCUT2D eigenvalue weighted by Crippen LogP contribution is 2.37. The number of carbonyl (C=O) groups is 1. The van der Waals surface area contributed by atoms with Crippen LogP contribution in [0.3, 0.4) is 0 Å². The van der Waals surface area contributed by atoms with Gasteiger partial charge >= 0.3 is 6.09 Å². The van der Waals surface area contributed by atoms with Crippen LogP contribution < -0.4 is 9.62 Å². The van der Waals surface area contributed by atoms with Crippen molar-refractivity contribution in [3.63, 3.8) is 0 Å². The number of alkyl carbamates (subject to hydrolysis) is 1. The van der Waals surface area contributed by atoms with Crippen molar-refractivity contribution in [2.75, 3.05) is 11.4 Å². The fourth-order valence-corrected chi connectivity index (χ4v) is 6.79. The number of anilines is 1. The van der Waals surface area contributed by atoms with Gasteiger partial charge in [-0.25, -0.2) is 17.6 Å². The smallest absolute Gasteiger partial charge is 0.407 e. The number of ether oxygens (including phenoxy) is 1. The number of hydrogen-bond acceptors (Lipinski definition) is 4. The number of aryl methyl sites for hydroxylation is 1. The first-order valence-electron chi connectivity index (χ1n) is 11.7. The summed E-state index contributed by atoms with van der Waals surface area (Å²) < 4.78 is 48.5. The van der Waals surface area contributed by atoms with Crippen LogP contribution in [0.15, 0.2) is 65.6 Å². The summed E-state index contributed by atoms with van der Waals surface area (Å²) in [6.45, 7) is 5.33. The average Bonchev–Trinajstić information content (AvgIpc) is 2.84. The molecule has 1 N–H and O–H groups in total. The summed E-state index contributed by atoms with van der Waals surface area (Å²) in [4.78, 5) is 12.2. The Hall–Kier alpha value is -3.36. The molecule has 0 saturated carbocycles. The number of fused-ring (bicyclic) bond motifs is 1. The number of hydrogen-bond donors (Lipinski definition) is 1. The maximum atomic E-state index is 14.5. The molecule has 1 amide bonds. The number of amides is 1. The Kier molecular flexibility index (Phi) is 7.62. The van der Waals surface area contributed by atoms with Crippen LogP contribution in [0, 0.1) is 12.7 Å². The quantitative estimate of drug-likeness (QED) is 0.389. The first kappa shape index (κ1) is 26.7. The number of nitrogens with zero attached hydrogens (tertiary/aromatic N) is 1. The summed E-state index contributed by atoms with van der Waals surface area (Å²) in [6, 6.07) is 15.5. The molecule has 0 saturated heterocycles. The fraction of sp³-hybridized carbons (Fsp3) is 0.250. The number of benzene rings is 3. The molecule has 9 heteroatoms. The second-order valence-corrected chi connectivity index (χ2v) is 11.3. The van der Waals surface area contributed by atoms with Gasteiger partial charge in [-0.1, -0.05) is 48.0 Å². The lowest BCUT2D eigenvalue weighted by atomic mass is 9.92. The minimum atomic E-state index is -3.99. The van der Waals surface area contributed by atoms with Crippen LogP contribution >= 0.6 is 11.6 Å². The van der Waals surface area contributed by atoms with Crippen molar-refractivity contribution in [2.24, 2.45) is 0 Å². The lowest BCUT2D eigenvalue weighted by Crippen LogP contribution is -2.56. The molecular formula is C28H28ClFN2O4S. The summed E-state index contributed by atoms with van der Waals surface area (Å²) in [5.74, 6) is -0.437. The van der Waals surface area contributed by atoms with Crippen LogP contribution in [0.25, 0.3) is 11.6 Å². The van der Waals surface area contributed by atoms with E-state index in [9.17, 15) is 17.6 Å². The number of sulfonamides is 1. The fourth-order valence-electron chi connectivity index (χ4n) is 4.66. The third-order valence-electron chi connectivity index (χ3n) is 6.51. The predicted molar refractivity (Wildman–Crippen MR) is 145 cm³/mol. The van der Waals surface area contributed by atoms with Gasteiger partial charge in [-0.2, -0.15) is 0 Å². The summed E-state index contributed by atoms with van der Waals surface area (Å²) >= 11 is 6.25. The highest BCUT2D eigenvalue weighted by atomic mass is 35.5. The third kappa shape index (κ3) is 5.36. The van der Waals surface area contributed by atoms with Gasteiger partial charge in [0.1, 0.15) is 5.82 Å². The molecule has 2 atom stereocenters. The van der Waals surface area contributed by atoms with Gasteiger partial charge in [0, 0.05) is 5.56 Å². The average molecular weight is 543 g/mol. The number of nitrogens with one attached hydrogen (secondary N) is 1. The Balaban J connectivity index is 1.84. The minimum Gasteiger partial charge on any atom is -0.453 e. The Morgan fingerprint density at radius 2 is 1.89 bits per heavy atom. The van der Waals surface area contributed by atoms with Crippen LogP contribution in [-0.2, 0) is 21.2 Å². The molecule has 1 heterocycles. The molecule has 37 heavy (non-hydrogen) atoms. The highest BCUT2D eigenvalue weighted by Gasteiger charge is 2.40.